The number of likely N-dealkylation sites (tertiary alicyclic amines) is 1. The standard InChI is InChI=1S/C11H22N2O3/c1-11(15,10(14)16-3)8-12-9-4-6-13(2)7-5-9/h9,12,15H,4-8H2,1-3H3. The van der Waals surface area contributed by atoms with Crippen LogP contribution in [0.3, 0.4) is 0 Å². The van der Waals surface area contributed by atoms with E-state index in [0.29, 0.717) is 6.04 Å². The van der Waals surface area contributed by atoms with Gasteiger partial charge in [0.05, 0.1) is 7.11 Å². The third-order valence-electron chi connectivity index (χ3n) is 3.08. The number of carbonyl (C=O) groups is 1. The molecule has 0 spiro atoms. The summed E-state index contributed by atoms with van der Waals surface area (Å²) in [5.74, 6) is -0.590. The fourth-order valence-electron chi connectivity index (χ4n) is 1.85. The molecule has 1 unspecified atom stereocenters. The Kier molecular flexibility index (Phi) is 4.70. The Morgan fingerprint density at radius 2 is 2.12 bits per heavy atom. The van der Waals surface area contributed by atoms with E-state index < -0.39 is 11.6 Å². The smallest absolute Gasteiger partial charge is 0.338 e. The van der Waals surface area contributed by atoms with Crippen molar-refractivity contribution in [2.75, 3.05) is 33.8 Å². The van der Waals surface area contributed by atoms with Gasteiger partial charge >= 0.3 is 5.97 Å². The highest BCUT2D eigenvalue weighted by molar-refractivity contribution is 5.78. The fraction of sp³-hybridized carbons (Fsp3) is 0.909. The van der Waals surface area contributed by atoms with Crippen molar-refractivity contribution in [1.82, 2.24) is 10.2 Å². The molecule has 5 heteroatoms. The molecule has 1 rings (SSSR count). The number of ether oxygens (including phenoxy) is 1. The number of hydrogen-bond acceptors (Lipinski definition) is 5. The SMILES string of the molecule is COC(=O)C(C)(O)CNC1CCN(C)CC1. The van der Waals surface area contributed by atoms with Crippen LogP contribution in [0.5, 0.6) is 0 Å². The summed E-state index contributed by atoms with van der Waals surface area (Å²) in [5.41, 5.74) is -1.43. The van der Waals surface area contributed by atoms with Gasteiger partial charge in [0.15, 0.2) is 5.60 Å². The minimum Gasteiger partial charge on any atom is -0.467 e. The number of nitrogens with zero attached hydrogens (tertiary/aromatic N) is 1. The summed E-state index contributed by atoms with van der Waals surface area (Å²) >= 11 is 0. The quantitative estimate of drug-likeness (QED) is 0.643. The van der Waals surface area contributed by atoms with E-state index in [4.69, 9.17) is 0 Å². The molecule has 5 nitrogen and oxygen atoms in total. The number of methoxy groups -OCH3 is 1. The van der Waals surface area contributed by atoms with Crippen molar-refractivity contribution in [2.24, 2.45) is 0 Å². The van der Waals surface area contributed by atoms with E-state index in [0.717, 1.165) is 25.9 Å². The number of rotatable bonds is 4. The molecule has 0 aliphatic carbocycles. The molecule has 2 N–H and O–H groups in total. The van der Waals surface area contributed by atoms with Gasteiger partial charge in [-0.1, -0.05) is 0 Å². The van der Waals surface area contributed by atoms with E-state index in [1.807, 2.05) is 0 Å². The molecular formula is C11H22N2O3. The normalized spacial score (nSPS) is 22.8. The first-order chi connectivity index (χ1) is 7.45. The first-order valence-electron chi connectivity index (χ1n) is 5.68. The molecular weight excluding hydrogens is 208 g/mol. The molecule has 0 aromatic heterocycles. The highest BCUT2D eigenvalue weighted by Gasteiger charge is 2.32. The Morgan fingerprint density at radius 1 is 1.56 bits per heavy atom. The Balaban J connectivity index is 2.31. The van der Waals surface area contributed by atoms with Gasteiger partial charge in [-0.25, -0.2) is 4.79 Å². The minimum absolute atomic E-state index is 0.244. The van der Waals surface area contributed by atoms with Gasteiger partial charge in [0, 0.05) is 12.6 Å². The second-order valence-corrected chi connectivity index (χ2v) is 4.72. The minimum atomic E-state index is -1.43. The van der Waals surface area contributed by atoms with Crippen molar-refractivity contribution in [3.63, 3.8) is 0 Å². The maximum atomic E-state index is 11.2. The molecule has 0 radical (unpaired) electrons. The summed E-state index contributed by atoms with van der Waals surface area (Å²) < 4.78 is 4.53. The second-order valence-electron chi connectivity index (χ2n) is 4.72. The van der Waals surface area contributed by atoms with E-state index in [1.54, 1.807) is 0 Å². The lowest BCUT2D eigenvalue weighted by Crippen LogP contribution is -2.50. The van der Waals surface area contributed by atoms with Crippen LogP contribution in [0.4, 0.5) is 0 Å². The average Bonchev–Trinajstić information content (AvgIpc) is 2.27. The third-order valence-corrected chi connectivity index (χ3v) is 3.08. The Bertz CT molecular complexity index is 235. The molecule has 0 amide bonds. The van der Waals surface area contributed by atoms with Gasteiger partial charge in [-0.3, -0.25) is 0 Å². The zero-order valence-corrected chi connectivity index (χ0v) is 10.3. The number of nitrogens with one attached hydrogen (secondary N) is 1. The van der Waals surface area contributed by atoms with Crippen LogP contribution in [0.2, 0.25) is 0 Å². The van der Waals surface area contributed by atoms with Crippen LogP contribution >= 0.6 is 0 Å². The first-order valence-corrected chi connectivity index (χ1v) is 5.68. The summed E-state index contributed by atoms with van der Waals surface area (Å²) in [5, 5.41) is 13.0. The largest absolute Gasteiger partial charge is 0.467 e. The van der Waals surface area contributed by atoms with Gasteiger partial charge in [-0.2, -0.15) is 0 Å². The topological polar surface area (TPSA) is 61.8 Å². The Hall–Kier alpha value is -0.650. The molecule has 16 heavy (non-hydrogen) atoms. The van der Waals surface area contributed by atoms with Crippen molar-refractivity contribution < 1.29 is 14.6 Å². The maximum Gasteiger partial charge on any atom is 0.338 e. The van der Waals surface area contributed by atoms with Crippen LogP contribution in [0.1, 0.15) is 19.8 Å². The van der Waals surface area contributed by atoms with Gasteiger partial charge in [0.25, 0.3) is 0 Å². The summed E-state index contributed by atoms with van der Waals surface area (Å²) in [7, 11) is 3.38. The molecule has 1 atom stereocenters. The molecule has 0 aromatic carbocycles. The van der Waals surface area contributed by atoms with Crippen molar-refractivity contribution in [1.29, 1.82) is 0 Å². The van der Waals surface area contributed by atoms with Crippen molar-refractivity contribution in [3.05, 3.63) is 0 Å². The van der Waals surface area contributed by atoms with Crippen molar-refractivity contribution >= 4 is 5.97 Å². The number of esters is 1. The summed E-state index contributed by atoms with van der Waals surface area (Å²) in [6, 6.07) is 0.382. The van der Waals surface area contributed by atoms with Gasteiger partial charge < -0.3 is 20.1 Å². The molecule has 0 aromatic rings. The van der Waals surface area contributed by atoms with Crippen LogP contribution in [-0.4, -0.2) is 61.4 Å². The third kappa shape index (κ3) is 3.73. The lowest BCUT2D eigenvalue weighted by molar-refractivity contribution is -0.160. The highest BCUT2D eigenvalue weighted by Crippen LogP contribution is 2.10. The van der Waals surface area contributed by atoms with E-state index >= 15 is 0 Å². The van der Waals surface area contributed by atoms with Crippen LogP contribution < -0.4 is 5.32 Å². The molecule has 1 aliphatic rings. The first kappa shape index (κ1) is 13.4. The van der Waals surface area contributed by atoms with Crippen LogP contribution in [0.15, 0.2) is 0 Å². The van der Waals surface area contributed by atoms with E-state index in [9.17, 15) is 9.90 Å². The lowest BCUT2D eigenvalue weighted by Gasteiger charge is -2.31. The number of aliphatic hydroxyl groups is 1. The van der Waals surface area contributed by atoms with Crippen LogP contribution in [0, 0.1) is 0 Å². The van der Waals surface area contributed by atoms with Crippen LogP contribution in [-0.2, 0) is 9.53 Å². The Labute approximate surface area is 96.8 Å². The summed E-state index contributed by atoms with van der Waals surface area (Å²) in [6.45, 7) is 3.82. The number of piperidine rings is 1. The van der Waals surface area contributed by atoms with Crippen LogP contribution in [0.25, 0.3) is 0 Å². The zero-order valence-electron chi connectivity index (χ0n) is 10.3. The molecule has 0 bridgehead atoms. The summed E-state index contributed by atoms with van der Waals surface area (Å²) in [6.07, 6.45) is 2.10. The predicted octanol–water partition coefficient (Wildman–Crippen LogP) is -0.406. The summed E-state index contributed by atoms with van der Waals surface area (Å²) in [4.78, 5) is 13.5. The molecule has 1 fully saturated rings. The zero-order chi connectivity index (χ0) is 12.2. The Morgan fingerprint density at radius 3 is 2.62 bits per heavy atom. The molecule has 1 saturated heterocycles. The second kappa shape index (κ2) is 5.61. The van der Waals surface area contributed by atoms with E-state index in [2.05, 4.69) is 22.0 Å². The number of hydrogen-bond donors (Lipinski definition) is 2. The fourth-order valence-corrected chi connectivity index (χ4v) is 1.85. The van der Waals surface area contributed by atoms with Gasteiger partial charge in [-0.05, 0) is 39.9 Å². The highest BCUT2D eigenvalue weighted by atomic mass is 16.5. The predicted molar refractivity (Wildman–Crippen MR) is 61.2 cm³/mol. The van der Waals surface area contributed by atoms with E-state index in [-0.39, 0.29) is 6.54 Å². The van der Waals surface area contributed by atoms with Gasteiger partial charge in [0.1, 0.15) is 0 Å². The molecule has 1 aliphatic heterocycles. The van der Waals surface area contributed by atoms with Crippen molar-refractivity contribution in [2.45, 2.75) is 31.4 Å². The molecule has 1 heterocycles. The van der Waals surface area contributed by atoms with E-state index in [1.165, 1.54) is 14.0 Å². The number of carbonyl (C=O) groups excluding carboxylic acids is 1. The van der Waals surface area contributed by atoms with Gasteiger partial charge in [0.2, 0.25) is 0 Å². The molecule has 94 valence electrons. The van der Waals surface area contributed by atoms with Crippen molar-refractivity contribution in [3.8, 4) is 0 Å². The maximum absolute atomic E-state index is 11.2. The lowest BCUT2D eigenvalue weighted by atomic mass is 10.0. The average molecular weight is 230 g/mol. The molecule has 0 saturated carbocycles. The monoisotopic (exact) mass is 230 g/mol. The van der Waals surface area contributed by atoms with Gasteiger partial charge in [-0.15, -0.1) is 0 Å².